The summed E-state index contributed by atoms with van der Waals surface area (Å²) in [5, 5.41) is 9.08. The van der Waals surface area contributed by atoms with Crippen LogP contribution in [0.15, 0.2) is 18.3 Å². The first-order valence-electron chi connectivity index (χ1n) is 5.31. The number of hydrogen-bond acceptors (Lipinski definition) is 2. The molecular weight excluding hydrogens is 190 g/mol. The molecule has 0 aliphatic heterocycles. The first kappa shape index (κ1) is 10.1. The van der Waals surface area contributed by atoms with Crippen molar-refractivity contribution in [2.45, 2.75) is 26.2 Å². The number of aromatic nitrogens is 1. The van der Waals surface area contributed by atoms with Crippen molar-refractivity contribution in [1.29, 1.82) is 0 Å². The predicted molar refractivity (Wildman–Crippen MR) is 56.5 cm³/mol. The zero-order valence-electron chi connectivity index (χ0n) is 8.81. The highest BCUT2D eigenvalue weighted by molar-refractivity contribution is 5.71. The molecule has 3 heteroatoms. The maximum atomic E-state index is 11.0. The Balaban J connectivity index is 2.05. The van der Waals surface area contributed by atoms with Crippen LogP contribution < -0.4 is 0 Å². The molecule has 1 heterocycles. The Kier molecular flexibility index (Phi) is 2.71. The van der Waals surface area contributed by atoms with Gasteiger partial charge in [0.25, 0.3) is 0 Å². The van der Waals surface area contributed by atoms with Gasteiger partial charge in [-0.3, -0.25) is 9.78 Å². The van der Waals surface area contributed by atoms with Crippen molar-refractivity contribution in [1.82, 2.24) is 4.98 Å². The maximum Gasteiger partial charge on any atom is 0.307 e. The number of pyridine rings is 1. The summed E-state index contributed by atoms with van der Waals surface area (Å²) >= 11 is 0. The Bertz CT molecular complexity index is 354. The maximum absolute atomic E-state index is 11.0. The molecule has 0 bridgehead atoms. The van der Waals surface area contributed by atoms with Gasteiger partial charge in [0, 0.05) is 11.9 Å². The van der Waals surface area contributed by atoms with Gasteiger partial charge in [0.15, 0.2) is 0 Å². The van der Waals surface area contributed by atoms with Crippen LogP contribution in [-0.4, -0.2) is 16.1 Å². The van der Waals surface area contributed by atoms with Gasteiger partial charge in [-0.2, -0.15) is 0 Å². The Morgan fingerprint density at radius 1 is 1.60 bits per heavy atom. The molecule has 1 unspecified atom stereocenters. The molecule has 1 atom stereocenters. The van der Waals surface area contributed by atoms with Crippen molar-refractivity contribution in [2.75, 3.05) is 0 Å². The van der Waals surface area contributed by atoms with Gasteiger partial charge < -0.3 is 5.11 Å². The first-order chi connectivity index (χ1) is 7.16. The molecular formula is C12H15NO2. The van der Waals surface area contributed by atoms with Crippen molar-refractivity contribution in [3.05, 3.63) is 29.6 Å². The van der Waals surface area contributed by atoms with E-state index in [1.165, 1.54) is 0 Å². The van der Waals surface area contributed by atoms with Gasteiger partial charge in [0.2, 0.25) is 0 Å². The van der Waals surface area contributed by atoms with Crippen LogP contribution in [0.2, 0.25) is 0 Å². The molecule has 1 aliphatic carbocycles. The van der Waals surface area contributed by atoms with Gasteiger partial charge in [-0.25, -0.2) is 0 Å². The summed E-state index contributed by atoms with van der Waals surface area (Å²) in [6.45, 7) is 1.93. The van der Waals surface area contributed by atoms with Gasteiger partial charge in [-0.05, 0) is 43.7 Å². The molecule has 0 radical (unpaired) electrons. The molecule has 1 N–H and O–H groups in total. The monoisotopic (exact) mass is 205 g/mol. The van der Waals surface area contributed by atoms with E-state index in [1.54, 1.807) is 6.20 Å². The van der Waals surface area contributed by atoms with Crippen LogP contribution in [0.25, 0.3) is 0 Å². The van der Waals surface area contributed by atoms with Crippen LogP contribution in [0, 0.1) is 18.8 Å². The second-order valence-electron chi connectivity index (χ2n) is 4.29. The smallest absolute Gasteiger partial charge is 0.307 e. The lowest BCUT2D eigenvalue weighted by atomic mass is 9.96. The minimum Gasteiger partial charge on any atom is -0.481 e. The molecule has 1 saturated carbocycles. The Labute approximate surface area is 89.2 Å². The third kappa shape index (κ3) is 2.55. The third-order valence-corrected chi connectivity index (χ3v) is 2.94. The van der Waals surface area contributed by atoms with Gasteiger partial charge in [0.05, 0.1) is 5.92 Å². The van der Waals surface area contributed by atoms with E-state index >= 15 is 0 Å². The number of aryl methyl sites for hydroxylation is 1. The van der Waals surface area contributed by atoms with E-state index < -0.39 is 5.97 Å². The highest BCUT2D eigenvalue weighted by atomic mass is 16.4. The molecule has 2 rings (SSSR count). The lowest BCUT2D eigenvalue weighted by Gasteiger charge is -2.10. The van der Waals surface area contributed by atoms with E-state index in [4.69, 9.17) is 5.11 Å². The predicted octanol–water partition coefficient (Wildman–Crippen LogP) is 2.04. The average molecular weight is 205 g/mol. The number of hydrogen-bond donors (Lipinski definition) is 1. The molecule has 1 aromatic rings. The molecule has 1 aliphatic rings. The van der Waals surface area contributed by atoms with Crippen LogP contribution in [-0.2, 0) is 11.2 Å². The lowest BCUT2D eigenvalue weighted by Crippen LogP contribution is -2.18. The summed E-state index contributed by atoms with van der Waals surface area (Å²) < 4.78 is 0. The van der Waals surface area contributed by atoms with E-state index in [1.807, 2.05) is 19.1 Å². The first-order valence-corrected chi connectivity index (χ1v) is 5.31. The number of carbonyl (C=O) groups is 1. The molecule has 15 heavy (non-hydrogen) atoms. The second-order valence-corrected chi connectivity index (χ2v) is 4.29. The normalized spacial score (nSPS) is 17.4. The van der Waals surface area contributed by atoms with Crippen molar-refractivity contribution >= 4 is 5.97 Å². The highest BCUT2D eigenvalue weighted by Gasteiger charge is 2.35. The van der Waals surface area contributed by atoms with Gasteiger partial charge >= 0.3 is 5.97 Å². The molecule has 0 spiro atoms. The summed E-state index contributed by atoms with van der Waals surface area (Å²) in [6.07, 6.45) is 4.54. The van der Waals surface area contributed by atoms with Gasteiger partial charge in [-0.15, -0.1) is 0 Å². The van der Waals surface area contributed by atoms with Gasteiger partial charge in [0.1, 0.15) is 0 Å². The highest BCUT2D eigenvalue weighted by Crippen LogP contribution is 2.38. The average Bonchev–Trinajstić information content (AvgIpc) is 3.00. The quantitative estimate of drug-likeness (QED) is 0.818. The number of carboxylic acids is 1. The Hall–Kier alpha value is -1.38. The van der Waals surface area contributed by atoms with E-state index in [9.17, 15) is 4.79 Å². The number of aliphatic carboxylic acids is 1. The second kappa shape index (κ2) is 4.01. The minimum absolute atomic E-state index is 0.213. The molecule has 3 nitrogen and oxygen atoms in total. The topological polar surface area (TPSA) is 50.2 Å². The number of nitrogens with zero attached hydrogens (tertiary/aromatic N) is 1. The fourth-order valence-corrected chi connectivity index (χ4v) is 1.83. The zero-order chi connectivity index (χ0) is 10.8. The van der Waals surface area contributed by atoms with Crippen molar-refractivity contribution in [3.8, 4) is 0 Å². The fourth-order valence-electron chi connectivity index (χ4n) is 1.83. The van der Waals surface area contributed by atoms with Crippen molar-refractivity contribution in [3.63, 3.8) is 0 Å². The zero-order valence-corrected chi connectivity index (χ0v) is 8.81. The molecule has 0 aromatic carbocycles. The van der Waals surface area contributed by atoms with Gasteiger partial charge in [-0.1, -0.05) is 6.07 Å². The SMILES string of the molecule is Cc1ccc(CC(C(=O)O)C2CC2)cn1. The summed E-state index contributed by atoms with van der Waals surface area (Å²) in [7, 11) is 0. The van der Waals surface area contributed by atoms with E-state index in [2.05, 4.69) is 4.98 Å². The fraction of sp³-hybridized carbons (Fsp3) is 0.500. The summed E-state index contributed by atoms with van der Waals surface area (Å²) in [5.41, 5.74) is 2.00. The van der Waals surface area contributed by atoms with E-state index in [0.29, 0.717) is 12.3 Å². The largest absolute Gasteiger partial charge is 0.481 e. The Morgan fingerprint density at radius 2 is 2.33 bits per heavy atom. The Morgan fingerprint density at radius 3 is 2.80 bits per heavy atom. The van der Waals surface area contributed by atoms with Crippen LogP contribution in [0.1, 0.15) is 24.1 Å². The van der Waals surface area contributed by atoms with Crippen molar-refractivity contribution in [2.24, 2.45) is 11.8 Å². The summed E-state index contributed by atoms with van der Waals surface area (Å²) in [6, 6.07) is 3.90. The molecule has 80 valence electrons. The van der Waals surface area contributed by atoms with Crippen molar-refractivity contribution < 1.29 is 9.90 Å². The minimum atomic E-state index is -0.668. The molecule has 0 amide bonds. The number of carboxylic acid groups (broad SMARTS) is 1. The van der Waals surface area contributed by atoms with Crippen LogP contribution in [0.4, 0.5) is 0 Å². The molecule has 1 fully saturated rings. The summed E-state index contributed by atoms with van der Waals surface area (Å²) in [4.78, 5) is 15.2. The standard InChI is InChI=1S/C12H15NO2/c1-8-2-3-9(7-13-8)6-11(12(14)15)10-4-5-10/h2-3,7,10-11H,4-6H2,1H3,(H,14,15). The molecule has 0 saturated heterocycles. The van der Waals surface area contributed by atoms with E-state index in [0.717, 1.165) is 24.1 Å². The van der Waals surface area contributed by atoms with E-state index in [-0.39, 0.29) is 5.92 Å². The van der Waals surface area contributed by atoms with Crippen LogP contribution in [0.5, 0.6) is 0 Å². The third-order valence-electron chi connectivity index (χ3n) is 2.94. The molecule has 1 aromatic heterocycles. The number of rotatable bonds is 4. The van der Waals surface area contributed by atoms with Crippen LogP contribution >= 0.6 is 0 Å². The van der Waals surface area contributed by atoms with Crippen LogP contribution in [0.3, 0.4) is 0 Å². The lowest BCUT2D eigenvalue weighted by molar-refractivity contribution is -0.142. The summed E-state index contributed by atoms with van der Waals surface area (Å²) in [5.74, 6) is -0.489.